The highest BCUT2D eigenvalue weighted by Gasteiger charge is 2.36. The summed E-state index contributed by atoms with van der Waals surface area (Å²) in [6, 6.07) is 10.6. The maximum Gasteiger partial charge on any atom is 0.311 e. The number of nitrogens with one attached hydrogen (secondary N) is 1. The summed E-state index contributed by atoms with van der Waals surface area (Å²) < 4.78 is 0. The minimum atomic E-state index is -0.756. The second kappa shape index (κ2) is 8.15. The number of rotatable bonds is 5. The van der Waals surface area contributed by atoms with E-state index in [0.29, 0.717) is 17.4 Å². The van der Waals surface area contributed by atoms with Crippen LogP contribution in [-0.4, -0.2) is 38.5 Å². The molecule has 2 aromatic carbocycles. The van der Waals surface area contributed by atoms with Gasteiger partial charge in [-0.25, -0.2) is 0 Å². The number of amides is 3. The molecule has 0 aliphatic carbocycles. The number of thioether (sulfide) groups is 1. The molecule has 10 heteroatoms. The molecule has 0 saturated carbocycles. The predicted octanol–water partition coefficient (Wildman–Crippen LogP) is 3.28. The zero-order chi connectivity index (χ0) is 21.1. The lowest BCUT2D eigenvalue weighted by atomic mass is 10.1. The number of imide groups is 1. The summed E-state index contributed by atoms with van der Waals surface area (Å²) in [6.07, 6.45) is 1.30. The molecule has 2 aromatic rings. The van der Waals surface area contributed by atoms with Crippen molar-refractivity contribution in [2.45, 2.75) is 6.92 Å². The number of phenols is 1. The first kappa shape index (κ1) is 20.1. The highest BCUT2D eigenvalue weighted by molar-refractivity contribution is 8.18. The number of nitrogens with zero attached hydrogens (tertiary/aromatic N) is 2. The van der Waals surface area contributed by atoms with Gasteiger partial charge in [0.15, 0.2) is 5.75 Å². The van der Waals surface area contributed by atoms with Gasteiger partial charge in [-0.3, -0.25) is 29.4 Å². The van der Waals surface area contributed by atoms with Gasteiger partial charge in [0.05, 0.1) is 9.83 Å². The van der Waals surface area contributed by atoms with Crippen molar-refractivity contribution in [3.8, 4) is 5.75 Å². The fourth-order valence-corrected chi connectivity index (χ4v) is 3.38. The van der Waals surface area contributed by atoms with Crippen LogP contribution in [0, 0.1) is 17.0 Å². The number of hydrogen-bond donors (Lipinski definition) is 2. The molecule has 0 bridgehead atoms. The fraction of sp³-hybridized carbons (Fsp3) is 0.105. The van der Waals surface area contributed by atoms with Gasteiger partial charge in [0.25, 0.3) is 11.1 Å². The Kier molecular flexibility index (Phi) is 5.64. The molecule has 0 atom stereocenters. The molecule has 1 fully saturated rings. The number of anilines is 1. The average Bonchev–Trinajstić information content (AvgIpc) is 2.92. The third-order valence-corrected chi connectivity index (χ3v) is 4.91. The van der Waals surface area contributed by atoms with E-state index >= 15 is 0 Å². The summed E-state index contributed by atoms with van der Waals surface area (Å²) in [5.41, 5.74) is 1.31. The Morgan fingerprint density at radius 2 is 1.93 bits per heavy atom. The van der Waals surface area contributed by atoms with Crippen LogP contribution < -0.4 is 5.32 Å². The number of carbonyl (C=O) groups excluding carboxylic acids is 3. The first-order valence-electron chi connectivity index (χ1n) is 8.34. The minimum Gasteiger partial charge on any atom is -0.502 e. The van der Waals surface area contributed by atoms with Crippen LogP contribution in [0.1, 0.15) is 11.1 Å². The second-order valence-corrected chi connectivity index (χ2v) is 7.18. The maximum absolute atomic E-state index is 12.5. The van der Waals surface area contributed by atoms with E-state index in [-0.39, 0.29) is 10.5 Å². The number of aromatic hydroxyl groups is 1. The van der Waals surface area contributed by atoms with Gasteiger partial charge in [0.2, 0.25) is 5.91 Å². The molecule has 9 nitrogen and oxygen atoms in total. The molecular weight excluding hydrogens is 398 g/mol. The van der Waals surface area contributed by atoms with E-state index in [4.69, 9.17) is 0 Å². The van der Waals surface area contributed by atoms with E-state index in [9.17, 15) is 29.6 Å². The van der Waals surface area contributed by atoms with Crippen molar-refractivity contribution in [1.29, 1.82) is 0 Å². The molecule has 1 aliphatic rings. The van der Waals surface area contributed by atoms with Crippen LogP contribution in [-0.2, 0) is 9.59 Å². The minimum absolute atomic E-state index is 0.0260. The largest absolute Gasteiger partial charge is 0.502 e. The Balaban J connectivity index is 1.73. The van der Waals surface area contributed by atoms with Crippen LogP contribution in [0.5, 0.6) is 5.75 Å². The van der Waals surface area contributed by atoms with Gasteiger partial charge in [-0.05, 0) is 48.5 Å². The van der Waals surface area contributed by atoms with Crippen LogP contribution in [0.2, 0.25) is 0 Å². The molecule has 0 spiro atoms. The number of phenolic OH excluding ortho intramolecular Hbond substituents is 1. The van der Waals surface area contributed by atoms with Crippen molar-refractivity contribution in [3.63, 3.8) is 0 Å². The van der Waals surface area contributed by atoms with E-state index in [1.165, 1.54) is 12.1 Å². The van der Waals surface area contributed by atoms with E-state index in [0.717, 1.165) is 22.6 Å². The molecule has 1 aliphatic heterocycles. The predicted molar refractivity (Wildman–Crippen MR) is 107 cm³/mol. The van der Waals surface area contributed by atoms with Gasteiger partial charge < -0.3 is 10.4 Å². The zero-order valence-corrected chi connectivity index (χ0v) is 15.9. The standard InChI is InChI=1S/C19H15N3O6S/c1-11-2-5-13(6-3-11)20-17(24)10-21-18(25)16(29-19(21)26)9-12-4-7-15(23)14(8-12)22(27)28/h2-9,23H,10H2,1H3,(H,20,24)/b16-9-. The number of nitro groups is 1. The smallest absolute Gasteiger partial charge is 0.311 e. The Hall–Kier alpha value is -3.66. The van der Waals surface area contributed by atoms with Crippen LogP contribution in [0.15, 0.2) is 47.4 Å². The molecule has 3 rings (SSSR count). The van der Waals surface area contributed by atoms with Crippen molar-refractivity contribution in [3.05, 3.63) is 68.6 Å². The van der Waals surface area contributed by atoms with Gasteiger partial charge in [-0.1, -0.05) is 23.8 Å². The Morgan fingerprint density at radius 3 is 2.59 bits per heavy atom. The topological polar surface area (TPSA) is 130 Å². The number of hydrogen-bond acceptors (Lipinski definition) is 7. The summed E-state index contributed by atoms with van der Waals surface area (Å²) in [7, 11) is 0. The third-order valence-electron chi connectivity index (χ3n) is 4.00. The molecular formula is C19H15N3O6S. The molecule has 3 amide bonds. The number of aryl methyl sites for hydroxylation is 1. The van der Waals surface area contributed by atoms with E-state index in [1.54, 1.807) is 12.1 Å². The number of carbonyl (C=O) groups is 3. The molecule has 148 valence electrons. The molecule has 1 heterocycles. The van der Waals surface area contributed by atoms with E-state index < -0.39 is 40.0 Å². The highest BCUT2D eigenvalue weighted by Crippen LogP contribution is 2.34. The maximum atomic E-state index is 12.5. The molecule has 0 aromatic heterocycles. The molecule has 29 heavy (non-hydrogen) atoms. The van der Waals surface area contributed by atoms with Crippen LogP contribution in [0.25, 0.3) is 6.08 Å². The van der Waals surface area contributed by atoms with Crippen molar-refractivity contribution < 1.29 is 24.4 Å². The van der Waals surface area contributed by atoms with Crippen LogP contribution in [0.4, 0.5) is 16.2 Å². The Bertz CT molecular complexity index is 1050. The lowest BCUT2D eigenvalue weighted by Gasteiger charge is -2.12. The van der Waals surface area contributed by atoms with E-state index in [1.807, 2.05) is 19.1 Å². The SMILES string of the molecule is Cc1ccc(NC(=O)CN2C(=O)S/C(=C\c3ccc(O)c([N+](=O)[O-])c3)C2=O)cc1. The molecule has 0 unspecified atom stereocenters. The van der Waals surface area contributed by atoms with Gasteiger partial charge >= 0.3 is 5.69 Å². The molecule has 0 radical (unpaired) electrons. The first-order valence-corrected chi connectivity index (χ1v) is 9.15. The van der Waals surface area contributed by atoms with Crippen LogP contribution >= 0.6 is 11.8 Å². The van der Waals surface area contributed by atoms with Crippen molar-refractivity contribution in [2.75, 3.05) is 11.9 Å². The molecule has 2 N–H and O–H groups in total. The van der Waals surface area contributed by atoms with Crippen LogP contribution in [0.3, 0.4) is 0 Å². The van der Waals surface area contributed by atoms with Crippen molar-refractivity contribution >= 4 is 46.3 Å². The van der Waals surface area contributed by atoms with Gasteiger partial charge in [-0.2, -0.15) is 0 Å². The number of benzene rings is 2. The summed E-state index contributed by atoms with van der Waals surface area (Å²) in [6.45, 7) is 1.45. The average molecular weight is 413 g/mol. The second-order valence-electron chi connectivity index (χ2n) is 6.19. The summed E-state index contributed by atoms with van der Waals surface area (Å²) >= 11 is 0.632. The lowest BCUT2D eigenvalue weighted by Crippen LogP contribution is -2.36. The highest BCUT2D eigenvalue weighted by atomic mass is 32.2. The van der Waals surface area contributed by atoms with Crippen molar-refractivity contribution in [1.82, 2.24) is 4.90 Å². The van der Waals surface area contributed by atoms with Gasteiger partial charge in [-0.15, -0.1) is 0 Å². The number of nitro benzene ring substituents is 1. The third kappa shape index (κ3) is 4.61. The zero-order valence-electron chi connectivity index (χ0n) is 15.1. The summed E-state index contributed by atoms with van der Waals surface area (Å²) in [4.78, 5) is 47.8. The fourth-order valence-electron chi connectivity index (χ4n) is 2.55. The normalized spacial score (nSPS) is 15.1. The lowest BCUT2D eigenvalue weighted by molar-refractivity contribution is -0.385. The molecule has 1 saturated heterocycles. The van der Waals surface area contributed by atoms with Gasteiger partial charge in [0, 0.05) is 11.8 Å². The first-order chi connectivity index (χ1) is 13.7. The van der Waals surface area contributed by atoms with E-state index in [2.05, 4.69) is 5.32 Å². The monoisotopic (exact) mass is 413 g/mol. The quantitative estimate of drug-likeness (QED) is 0.437. The Labute approximate surface area is 169 Å². The Morgan fingerprint density at radius 1 is 1.24 bits per heavy atom. The summed E-state index contributed by atoms with van der Waals surface area (Å²) in [5, 5.41) is 22.4. The summed E-state index contributed by atoms with van der Waals surface area (Å²) in [5.74, 6) is -1.71. The van der Waals surface area contributed by atoms with Crippen molar-refractivity contribution in [2.24, 2.45) is 0 Å². The van der Waals surface area contributed by atoms with Gasteiger partial charge in [0.1, 0.15) is 6.54 Å².